The molecule has 162 valence electrons. The number of nitrogens with zero attached hydrogens (tertiary/aromatic N) is 2. The predicted octanol–water partition coefficient (Wildman–Crippen LogP) is -0.651. The molecule has 0 aliphatic rings. The molecule has 0 bridgehead atoms. The number of hydrogen-bond acceptors (Lipinski definition) is 10. The Kier molecular flexibility index (Phi) is 9.35. The molecule has 0 aromatic heterocycles. The first-order valence-electron chi connectivity index (χ1n) is 9.18. The second kappa shape index (κ2) is 12.0. The minimum atomic E-state index is -1.96. The second-order valence-electron chi connectivity index (χ2n) is 6.42. The molecule has 30 heavy (non-hydrogen) atoms. The van der Waals surface area contributed by atoms with E-state index in [1.807, 2.05) is 12.1 Å². The number of hydrogen-bond donors (Lipinski definition) is 8. The monoisotopic (exact) mass is 418 g/mol. The van der Waals surface area contributed by atoms with Crippen molar-refractivity contribution in [3.05, 3.63) is 60.7 Å². The van der Waals surface area contributed by atoms with E-state index < -0.39 is 37.1 Å². The van der Waals surface area contributed by atoms with E-state index in [2.05, 4.69) is 21.1 Å². The summed E-state index contributed by atoms with van der Waals surface area (Å²) in [6, 6.07) is 17.7. The van der Waals surface area contributed by atoms with Crippen molar-refractivity contribution < 1.29 is 30.6 Å². The average molecular weight is 418 g/mol. The zero-order valence-electron chi connectivity index (χ0n) is 16.0. The molecule has 2 aromatic rings. The minimum absolute atomic E-state index is 0.167. The number of rotatable bonds is 11. The van der Waals surface area contributed by atoms with Crippen molar-refractivity contribution in [3.8, 4) is 0 Å². The van der Waals surface area contributed by atoms with E-state index in [4.69, 9.17) is 5.11 Å². The molecule has 0 saturated carbocycles. The molecule has 5 atom stereocenters. The minimum Gasteiger partial charge on any atom is -0.394 e. The highest BCUT2D eigenvalue weighted by atomic mass is 16.4. The molecule has 0 aliphatic carbocycles. The Hall–Kier alpha value is -2.86. The first-order valence-corrected chi connectivity index (χ1v) is 9.18. The molecule has 0 saturated heterocycles. The topological polar surface area (TPSA) is 170 Å². The maximum atomic E-state index is 10.5. The van der Waals surface area contributed by atoms with Crippen molar-refractivity contribution >= 4 is 23.3 Å². The molecule has 0 spiro atoms. The van der Waals surface area contributed by atoms with Gasteiger partial charge < -0.3 is 30.6 Å². The van der Waals surface area contributed by atoms with Crippen molar-refractivity contribution in [2.75, 3.05) is 17.5 Å². The van der Waals surface area contributed by atoms with Crippen LogP contribution in [0.5, 0.6) is 0 Å². The normalized spacial score (nSPS) is 17.2. The smallest absolute Gasteiger partial charge is 0.128 e. The molecule has 10 heteroatoms. The number of aliphatic hydroxyl groups excluding tert-OH is 6. The summed E-state index contributed by atoms with van der Waals surface area (Å²) in [5, 5.41) is 66.9. The van der Waals surface area contributed by atoms with Crippen molar-refractivity contribution in [3.63, 3.8) is 0 Å². The molecule has 8 N–H and O–H groups in total. The van der Waals surface area contributed by atoms with E-state index in [0.717, 1.165) is 6.21 Å². The van der Waals surface area contributed by atoms with E-state index in [0.29, 0.717) is 11.4 Å². The highest BCUT2D eigenvalue weighted by Gasteiger charge is 2.35. The second-order valence-corrected chi connectivity index (χ2v) is 6.42. The summed E-state index contributed by atoms with van der Waals surface area (Å²) >= 11 is 0. The maximum Gasteiger partial charge on any atom is 0.128 e. The number of anilines is 2. The molecule has 10 nitrogen and oxygen atoms in total. The standard InChI is InChI=1S/C20H26N4O6/c25-12-16(26)18(28)20(30)19(29)17(27)15(24-23-14-9-5-2-6-10-14)11-21-22-13-7-3-1-4-8-13/h1-11,16-20,22-23,25-30H,12H2/b21-11-,24-15+/t16-,17-,18-,19+,20-/m1/s1. The van der Waals surface area contributed by atoms with E-state index in [1.54, 1.807) is 48.5 Å². The molecule has 2 rings (SSSR count). The maximum absolute atomic E-state index is 10.5. The third-order valence-electron chi connectivity index (χ3n) is 4.16. The molecule has 0 amide bonds. The lowest BCUT2D eigenvalue weighted by Gasteiger charge is -2.28. The molecule has 0 heterocycles. The third kappa shape index (κ3) is 6.88. The number of benzene rings is 2. The van der Waals surface area contributed by atoms with Crippen LogP contribution in [0.15, 0.2) is 70.9 Å². The quantitative estimate of drug-likeness (QED) is 0.176. The van der Waals surface area contributed by atoms with Crippen LogP contribution in [0.4, 0.5) is 11.4 Å². The summed E-state index contributed by atoms with van der Waals surface area (Å²) in [4.78, 5) is 0. The molecular weight excluding hydrogens is 392 g/mol. The predicted molar refractivity (Wildman–Crippen MR) is 113 cm³/mol. The number of aliphatic hydroxyl groups is 6. The molecular formula is C20H26N4O6. The fraction of sp³-hybridized carbons (Fsp3) is 0.300. The van der Waals surface area contributed by atoms with Crippen LogP contribution in [0.3, 0.4) is 0 Å². The van der Waals surface area contributed by atoms with Gasteiger partial charge in [0, 0.05) is 0 Å². The fourth-order valence-electron chi connectivity index (χ4n) is 2.40. The van der Waals surface area contributed by atoms with Gasteiger partial charge in [0.2, 0.25) is 0 Å². The van der Waals surface area contributed by atoms with Crippen LogP contribution >= 0.6 is 0 Å². The zero-order chi connectivity index (χ0) is 21.9. The van der Waals surface area contributed by atoms with Crippen molar-refractivity contribution in [2.24, 2.45) is 10.2 Å². The van der Waals surface area contributed by atoms with Gasteiger partial charge in [0.15, 0.2) is 0 Å². The van der Waals surface area contributed by atoms with Gasteiger partial charge in [-0.2, -0.15) is 10.2 Å². The van der Waals surface area contributed by atoms with E-state index in [1.165, 1.54) is 0 Å². The molecule has 0 unspecified atom stereocenters. The van der Waals surface area contributed by atoms with Crippen LogP contribution < -0.4 is 10.9 Å². The summed E-state index contributed by atoms with van der Waals surface area (Å²) in [5.74, 6) is 0. The molecule has 0 aliphatic heterocycles. The summed E-state index contributed by atoms with van der Waals surface area (Å²) in [6.07, 6.45) is -8.11. The lowest BCUT2D eigenvalue weighted by Crippen LogP contribution is -2.52. The fourth-order valence-corrected chi connectivity index (χ4v) is 2.40. The lowest BCUT2D eigenvalue weighted by atomic mass is 9.97. The zero-order valence-corrected chi connectivity index (χ0v) is 16.0. The van der Waals surface area contributed by atoms with Crippen LogP contribution in [0.2, 0.25) is 0 Å². The highest BCUT2D eigenvalue weighted by Crippen LogP contribution is 2.11. The van der Waals surface area contributed by atoms with Crippen LogP contribution in [-0.4, -0.2) is 79.7 Å². The van der Waals surface area contributed by atoms with Gasteiger partial charge in [-0.1, -0.05) is 36.4 Å². The average Bonchev–Trinajstić information content (AvgIpc) is 2.80. The lowest BCUT2D eigenvalue weighted by molar-refractivity contribution is -0.130. The number of para-hydroxylation sites is 2. The van der Waals surface area contributed by atoms with Crippen LogP contribution in [0.25, 0.3) is 0 Å². The van der Waals surface area contributed by atoms with Crippen LogP contribution in [0, 0.1) is 0 Å². The first-order chi connectivity index (χ1) is 14.4. The Labute approximate surface area is 173 Å². The SMILES string of the molecule is OC[C@@H](O)[C@@H](O)[C@@H](O)[C@@H](O)[C@H](O)C(/C=N\Nc1ccccc1)=N/Nc1ccccc1. The Bertz CT molecular complexity index is 805. The Morgan fingerprint density at radius 1 is 0.767 bits per heavy atom. The third-order valence-corrected chi connectivity index (χ3v) is 4.16. The first kappa shape index (κ1) is 23.4. The summed E-state index contributed by atoms with van der Waals surface area (Å²) < 4.78 is 0. The summed E-state index contributed by atoms with van der Waals surface area (Å²) in [7, 11) is 0. The van der Waals surface area contributed by atoms with Gasteiger partial charge >= 0.3 is 0 Å². The number of hydrazone groups is 2. The van der Waals surface area contributed by atoms with E-state index in [9.17, 15) is 25.5 Å². The van der Waals surface area contributed by atoms with Gasteiger partial charge in [-0.05, 0) is 24.3 Å². The van der Waals surface area contributed by atoms with E-state index in [-0.39, 0.29) is 5.71 Å². The van der Waals surface area contributed by atoms with Gasteiger partial charge in [0.05, 0.1) is 24.2 Å². The van der Waals surface area contributed by atoms with Gasteiger partial charge in [0.1, 0.15) is 36.2 Å². The molecule has 0 radical (unpaired) electrons. The van der Waals surface area contributed by atoms with Gasteiger partial charge in [0.25, 0.3) is 0 Å². The largest absolute Gasteiger partial charge is 0.394 e. The van der Waals surface area contributed by atoms with Crippen molar-refractivity contribution in [2.45, 2.75) is 30.5 Å². The van der Waals surface area contributed by atoms with Crippen LogP contribution in [-0.2, 0) is 0 Å². The van der Waals surface area contributed by atoms with Crippen molar-refractivity contribution in [1.82, 2.24) is 0 Å². The summed E-state index contributed by atoms with van der Waals surface area (Å²) in [6.45, 7) is -0.833. The molecule has 2 aromatic carbocycles. The van der Waals surface area contributed by atoms with Crippen molar-refractivity contribution in [1.29, 1.82) is 0 Å². The van der Waals surface area contributed by atoms with Crippen LogP contribution in [0.1, 0.15) is 0 Å². The summed E-state index contributed by atoms with van der Waals surface area (Å²) in [5.41, 5.74) is 6.52. The van der Waals surface area contributed by atoms with Gasteiger partial charge in [-0.15, -0.1) is 0 Å². The Morgan fingerprint density at radius 3 is 1.83 bits per heavy atom. The Morgan fingerprint density at radius 2 is 1.30 bits per heavy atom. The highest BCUT2D eigenvalue weighted by molar-refractivity contribution is 6.33. The number of nitrogens with one attached hydrogen (secondary N) is 2. The van der Waals surface area contributed by atoms with Gasteiger partial charge in [-0.3, -0.25) is 10.9 Å². The van der Waals surface area contributed by atoms with E-state index >= 15 is 0 Å². The Balaban J connectivity index is 2.18. The van der Waals surface area contributed by atoms with Gasteiger partial charge in [-0.25, -0.2) is 0 Å². The molecule has 0 fully saturated rings.